The summed E-state index contributed by atoms with van der Waals surface area (Å²) in [4.78, 5) is 22.3. The first-order valence-electron chi connectivity index (χ1n) is 5.53. The van der Waals surface area contributed by atoms with E-state index >= 15 is 0 Å². The standard InChI is InChI=1S/C11H19NO3/c1-3-11(5-4-6-11)10(15)12-8(2)7-9(13)14/h8H,3-7H2,1-2H3,(H,12,15)(H,13,14). The Balaban J connectivity index is 2.44. The summed E-state index contributed by atoms with van der Waals surface area (Å²) in [5.74, 6) is -0.841. The molecule has 0 saturated heterocycles. The molecule has 1 atom stereocenters. The Kier molecular flexibility index (Phi) is 3.72. The van der Waals surface area contributed by atoms with E-state index in [1.54, 1.807) is 6.92 Å². The van der Waals surface area contributed by atoms with Gasteiger partial charge in [-0.3, -0.25) is 9.59 Å². The summed E-state index contributed by atoms with van der Waals surface area (Å²) >= 11 is 0. The molecule has 1 fully saturated rings. The van der Waals surface area contributed by atoms with Crippen molar-refractivity contribution in [1.29, 1.82) is 0 Å². The van der Waals surface area contributed by atoms with Gasteiger partial charge in [0.1, 0.15) is 0 Å². The van der Waals surface area contributed by atoms with Crippen LogP contribution in [0.25, 0.3) is 0 Å². The number of carbonyl (C=O) groups is 2. The number of nitrogens with one attached hydrogen (secondary N) is 1. The van der Waals surface area contributed by atoms with E-state index in [0.29, 0.717) is 0 Å². The average Bonchev–Trinajstić information content (AvgIpc) is 2.00. The minimum Gasteiger partial charge on any atom is -0.481 e. The van der Waals surface area contributed by atoms with Crippen LogP contribution in [0.1, 0.15) is 46.0 Å². The highest BCUT2D eigenvalue weighted by atomic mass is 16.4. The minimum absolute atomic E-state index is 0.00840. The van der Waals surface area contributed by atoms with Crippen molar-refractivity contribution in [3.05, 3.63) is 0 Å². The third kappa shape index (κ3) is 2.70. The lowest BCUT2D eigenvalue weighted by Crippen LogP contribution is -2.48. The van der Waals surface area contributed by atoms with Gasteiger partial charge in [-0.1, -0.05) is 13.3 Å². The normalized spacial score (nSPS) is 20.1. The molecule has 1 aliphatic rings. The molecule has 86 valence electrons. The number of hydrogen-bond donors (Lipinski definition) is 2. The van der Waals surface area contributed by atoms with Crippen LogP contribution >= 0.6 is 0 Å². The lowest BCUT2D eigenvalue weighted by atomic mass is 9.66. The molecule has 0 spiro atoms. The van der Waals surface area contributed by atoms with Gasteiger partial charge in [-0.05, 0) is 26.2 Å². The van der Waals surface area contributed by atoms with Crippen molar-refractivity contribution in [2.24, 2.45) is 5.41 Å². The maximum Gasteiger partial charge on any atom is 0.305 e. The summed E-state index contributed by atoms with van der Waals surface area (Å²) in [6.07, 6.45) is 3.82. The fourth-order valence-electron chi connectivity index (χ4n) is 2.03. The number of carboxylic acid groups (broad SMARTS) is 1. The lowest BCUT2D eigenvalue weighted by molar-refractivity contribution is -0.139. The van der Waals surface area contributed by atoms with Crippen molar-refractivity contribution in [2.45, 2.75) is 52.0 Å². The Bertz CT molecular complexity index is 253. The van der Waals surface area contributed by atoms with Crippen LogP contribution in [0.5, 0.6) is 0 Å². The highest BCUT2D eigenvalue weighted by Crippen LogP contribution is 2.43. The number of carbonyl (C=O) groups excluding carboxylic acids is 1. The molecule has 15 heavy (non-hydrogen) atoms. The van der Waals surface area contributed by atoms with Gasteiger partial charge in [-0.15, -0.1) is 0 Å². The molecule has 1 saturated carbocycles. The van der Waals surface area contributed by atoms with Crippen LogP contribution in [-0.4, -0.2) is 23.0 Å². The lowest BCUT2D eigenvalue weighted by Gasteiger charge is -2.40. The Morgan fingerprint density at radius 1 is 1.47 bits per heavy atom. The SMILES string of the molecule is CCC1(C(=O)NC(C)CC(=O)O)CCC1. The molecule has 0 bridgehead atoms. The van der Waals surface area contributed by atoms with Crippen LogP contribution in [0.3, 0.4) is 0 Å². The van der Waals surface area contributed by atoms with Crippen LogP contribution in [0.2, 0.25) is 0 Å². The van der Waals surface area contributed by atoms with Crippen LogP contribution in [0.4, 0.5) is 0 Å². The molecule has 1 rings (SSSR count). The summed E-state index contributed by atoms with van der Waals surface area (Å²) < 4.78 is 0. The first-order chi connectivity index (χ1) is 7.00. The number of carboxylic acids is 1. The second-order valence-corrected chi connectivity index (χ2v) is 4.46. The second-order valence-electron chi connectivity index (χ2n) is 4.46. The summed E-state index contributed by atoms with van der Waals surface area (Å²) in [5, 5.41) is 11.4. The smallest absolute Gasteiger partial charge is 0.305 e. The molecule has 4 heteroatoms. The van der Waals surface area contributed by atoms with Gasteiger partial charge in [-0.2, -0.15) is 0 Å². The number of hydrogen-bond acceptors (Lipinski definition) is 2. The van der Waals surface area contributed by atoms with E-state index in [2.05, 4.69) is 5.32 Å². The fourth-order valence-corrected chi connectivity index (χ4v) is 2.03. The first-order valence-corrected chi connectivity index (χ1v) is 5.53. The minimum atomic E-state index is -0.873. The molecule has 0 aromatic carbocycles. The van der Waals surface area contributed by atoms with Crippen molar-refractivity contribution in [2.75, 3.05) is 0 Å². The average molecular weight is 213 g/mol. The summed E-state index contributed by atoms with van der Waals surface area (Å²) in [5.41, 5.74) is -0.202. The zero-order chi connectivity index (χ0) is 11.5. The van der Waals surface area contributed by atoms with Crippen LogP contribution in [0.15, 0.2) is 0 Å². The summed E-state index contributed by atoms with van der Waals surface area (Å²) in [6, 6.07) is -0.279. The molecule has 0 aromatic heterocycles. The predicted molar refractivity (Wildman–Crippen MR) is 56.4 cm³/mol. The van der Waals surface area contributed by atoms with E-state index in [4.69, 9.17) is 5.11 Å². The fraction of sp³-hybridized carbons (Fsp3) is 0.818. The predicted octanol–water partition coefficient (Wildman–Crippen LogP) is 1.55. The van der Waals surface area contributed by atoms with Gasteiger partial charge in [-0.25, -0.2) is 0 Å². The molecule has 2 N–H and O–H groups in total. The number of amides is 1. The van der Waals surface area contributed by atoms with E-state index in [-0.39, 0.29) is 23.8 Å². The maximum atomic E-state index is 11.9. The highest BCUT2D eigenvalue weighted by molar-refractivity contribution is 5.84. The quantitative estimate of drug-likeness (QED) is 0.728. The van der Waals surface area contributed by atoms with E-state index in [1.807, 2.05) is 6.92 Å². The zero-order valence-electron chi connectivity index (χ0n) is 9.38. The molecular formula is C11H19NO3. The van der Waals surface area contributed by atoms with Crippen molar-refractivity contribution >= 4 is 11.9 Å². The molecule has 1 unspecified atom stereocenters. The van der Waals surface area contributed by atoms with Gasteiger partial charge in [0.05, 0.1) is 6.42 Å². The largest absolute Gasteiger partial charge is 0.481 e. The Morgan fingerprint density at radius 2 is 2.07 bits per heavy atom. The van der Waals surface area contributed by atoms with Crippen LogP contribution in [0, 0.1) is 5.41 Å². The molecule has 1 aliphatic carbocycles. The molecule has 1 amide bonds. The van der Waals surface area contributed by atoms with Gasteiger partial charge in [0, 0.05) is 11.5 Å². The molecule has 0 aromatic rings. The van der Waals surface area contributed by atoms with Crippen LogP contribution in [-0.2, 0) is 9.59 Å². The zero-order valence-corrected chi connectivity index (χ0v) is 9.38. The second kappa shape index (κ2) is 4.64. The third-order valence-corrected chi connectivity index (χ3v) is 3.33. The van der Waals surface area contributed by atoms with Crippen molar-refractivity contribution in [3.63, 3.8) is 0 Å². The Hall–Kier alpha value is -1.06. The first kappa shape index (κ1) is 12.0. The monoisotopic (exact) mass is 213 g/mol. The summed E-state index contributed by atoms with van der Waals surface area (Å²) in [7, 11) is 0. The molecule has 4 nitrogen and oxygen atoms in total. The molecule has 0 heterocycles. The van der Waals surface area contributed by atoms with E-state index < -0.39 is 5.97 Å². The van der Waals surface area contributed by atoms with E-state index in [0.717, 1.165) is 25.7 Å². The van der Waals surface area contributed by atoms with E-state index in [9.17, 15) is 9.59 Å². The maximum absolute atomic E-state index is 11.9. The van der Waals surface area contributed by atoms with Crippen molar-refractivity contribution in [3.8, 4) is 0 Å². The number of aliphatic carboxylic acids is 1. The van der Waals surface area contributed by atoms with Crippen molar-refractivity contribution in [1.82, 2.24) is 5.32 Å². The Morgan fingerprint density at radius 3 is 2.40 bits per heavy atom. The van der Waals surface area contributed by atoms with Gasteiger partial charge in [0.2, 0.25) is 5.91 Å². The van der Waals surface area contributed by atoms with Gasteiger partial charge in [0.25, 0.3) is 0 Å². The van der Waals surface area contributed by atoms with Crippen molar-refractivity contribution < 1.29 is 14.7 Å². The van der Waals surface area contributed by atoms with E-state index in [1.165, 1.54) is 0 Å². The Labute approximate surface area is 90.0 Å². The summed E-state index contributed by atoms with van der Waals surface area (Å²) in [6.45, 7) is 3.74. The van der Waals surface area contributed by atoms with Crippen LogP contribution < -0.4 is 5.32 Å². The topological polar surface area (TPSA) is 66.4 Å². The molecular weight excluding hydrogens is 194 g/mol. The third-order valence-electron chi connectivity index (χ3n) is 3.33. The van der Waals surface area contributed by atoms with Gasteiger partial charge >= 0.3 is 5.97 Å². The van der Waals surface area contributed by atoms with Gasteiger partial charge < -0.3 is 10.4 Å². The van der Waals surface area contributed by atoms with Gasteiger partial charge in [0.15, 0.2) is 0 Å². The number of rotatable bonds is 5. The molecule has 0 aliphatic heterocycles. The highest BCUT2D eigenvalue weighted by Gasteiger charge is 2.42. The molecule has 0 radical (unpaired) electrons.